The highest BCUT2D eigenvalue weighted by Gasteiger charge is 2.35. The normalized spacial score (nSPS) is 19.9. The van der Waals surface area contributed by atoms with E-state index >= 15 is 0 Å². The number of benzene rings is 1. The molecule has 1 aromatic rings. The second-order valence-corrected chi connectivity index (χ2v) is 7.32. The Kier molecular flexibility index (Phi) is 4.69. The molecule has 122 valence electrons. The number of nitrogens with zero attached hydrogens (tertiary/aromatic N) is 1. The lowest BCUT2D eigenvalue weighted by Crippen LogP contribution is -2.41. The van der Waals surface area contributed by atoms with Crippen LogP contribution in [-0.4, -0.2) is 50.4 Å². The van der Waals surface area contributed by atoms with E-state index < -0.39 is 39.2 Å². The highest BCUT2D eigenvalue weighted by molar-refractivity contribution is 7.91. The van der Waals surface area contributed by atoms with Crippen LogP contribution in [-0.2, 0) is 9.84 Å². The van der Waals surface area contributed by atoms with Crippen molar-refractivity contribution in [2.45, 2.75) is 19.4 Å². The van der Waals surface area contributed by atoms with Gasteiger partial charge in [-0.3, -0.25) is 4.79 Å². The Labute approximate surface area is 127 Å². The maximum atomic E-state index is 14.2. The van der Waals surface area contributed by atoms with Crippen molar-refractivity contribution in [1.29, 1.82) is 0 Å². The van der Waals surface area contributed by atoms with Gasteiger partial charge in [0.25, 0.3) is 5.91 Å². The summed E-state index contributed by atoms with van der Waals surface area (Å²) in [5, 5.41) is 0. The molecule has 1 aromatic carbocycles. The van der Waals surface area contributed by atoms with Crippen LogP contribution in [0, 0.1) is 11.6 Å². The van der Waals surface area contributed by atoms with Crippen molar-refractivity contribution in [1.82, 2.24) is 4.90 Å². The number of sulfone groups is 1. The monoisotopic (exact) mass is 333 g/mol. The average Bonchev–Trinajstić information content (AvgIpc) is 2.80. The highest BCUT2D eigenvalue weighted by atomic mass is 32.2. The number of methoxy groups -OCH3 is 1. The van der Waals surface area contributed by atoms with Crippen LogP contribution >= 0.6 is 0 Å². The third kappa shape index (κ3) is 3.06. The number of amides is 1. The summed E-state index contributed by atoms with van der Waals surface area (Å²) in [6.07, 6.45) is 0.321. The Morgan fingerprint density at radius 1 is 1.41 bits per heavy atom. The molecule has 22 heavy (non-hydrogen) atoms. The van der Waals surface area contributed by atoms with Crippen molar-refractivity contribution in [3.63, 3.8) is 0 Å². The molecule has 1 aliphatic rings. The summed E-state index contributed by atoms with van der Waals surface area (Å²) in [6, 6.07) is 1.51. The van der Waals surface area contributed by atoms with Crippen LogP contribution in [0.25, 0.3) is 0 Å². The molecule has 1 aliphatic heterocycles. The lowest BCUT2D eigenvalue weighted by atomic mass is 10.1. The van der Waals surface area contributed by atoms with E-state index in [0.717, 1.165) is 19.2 Å². The zero-order valence-electron chi connectivity index (χ0n) is 12.3. The Morgan fingerprint density at radius 2 is 2.09 bits per heavy atom. The van der Waals surface area contributed by atoms with Crippen LogP contribution < -0.4 is 4.74 Å². The van der Waals surface area contributed by atoms with Crippen LogP contribution in [0.1, 0.15) is 23.7 Å². The minimum atomic E-state index is -3.17. The van der Waals surface area contributed by atoms with Crippen LogP contribution in [0.2, 0.25) is 0 Å². The summed E-state index contributed by atoms with van der Waals surface area (Å²) in [5.41, 5.74) is -0.329. The quantitative estimate of drug-likeness (QED) is 0.840. The van der Waals surface area contributed by atoms with Gasteiger partial charge in [-0.1, -0.05) is 0 Å². The molecule has 1 amide bonds. The maximum absolute atomic E-state index is 14.2. The number of ether oxygens (including phenoxy) is 1. The van der Waals surface area contributed by atoms with Crippen molar-refractivity contribution in [3.8, 4) is 5.75 Å². The topological polar surface area (TPSA) is 63.7 Å². The Bertz CT molecular complexity index is 690. The van der Waals surface area contributed by atoms with E-state index in [1.165, 1.54) is 4.90 Å². The number of rotatable bonds is 4. The van der Waals surface area contributed by atoms with E-state index in [-0.39, 0.29) is 23.6 Å². The van der Waals surface area contributed by atoms with Crippen LogP contribution in [0.15, 0.2) is 12.1 Å². The zero-order chi connectivity index (χ0) is 16.5. The molecule has 0 radical (unpaired) electrons. The van der Waals surface area contributed by atoms with E-state index in [4.69, 9.17) is 0 Å². The van der Waals surface area contributed by atoms with Gasteiger partial charge >= 0.3 is 0 Å². The average molecular weight is 333 g/mol. The lowest BCUT2D eigenvalue weighted by Gasteiger charge is -2.27. The number of halogens is 2. The first-order chi connectivity index (χ1) is 10.3. The van der Waals surface area contributed by atoms with E-state index in [2.05, 4.69) is 4.74 Å². The van der Waals surface area contributed by atoms with Crippen molar-refractivity contribution >= 4 is 15.7 Å². The maximum Gasteiger partial charge on any atom is 0.257 e. The number of hydrogen-bond acceptors (Lipinski definition) is 4. The smallest absolute Gasteiger partial charge is 0.257 e. The minimum absolute atomic E-state index is 0.0106. The van der Waals surface area contributed by atoms with Crippen molar-refractivity contribution in [2.24, 2.45) is 0 Å². The number of hydrogen-bond donors (Lipinski definition) is 0. The van der Waals surface area contributed by atoms with Crippen molar-refractivity contribution in [2.75, 3.05) is 25.2 Å². The largest absolute Gasteiger partial charge is 0.491 e. The molecule has 0 aliphatic carbocycles. The summed E-state index contributed by atoms with van der Waals surface area (Å²) >= 11 is 0. The van der Waals surface area contributed by atoms with Crippen LogP contribution in [0.4, 0.5) is 8.78 Å². The molecule has 5 nitrogen and oxygen atoms in total. The van der Waals surface area contributed by atoms with Gasteiger partial charge < -0.3 is 9.64 Å². The van der Waals surface area contributed by atoms with Gasteiger partial charge in [-0.05, 0) is 25.5 Å². The van der Waals surface area contributed by atoms with Gasteiger partial charge in [0.1, 0.15) is 0 Å². The molecule has 0 saturated carbocycles. The summed E-state index contributed by atoms with van der Waals surface area (Å²) in [5.74, 6) is -3.39. The molecule has 1 atom stereocenters. The standard InChI is InChI=1S/C14H17F2NO4S/c1-3-17(9-6-7-22(19,20)8-9)14(18)10-4-5-11(15)13(21-2)12(10)16/h4-5,9H,3,6-8H2,1-2H3. The van der Waals surface area contributed by atoms with Gasteiger partial charge in [0.2, 0.25) is 0 Å². The second kappa shape index (κ2) is 6.20. The summed E-state index contributed by atoms with van der Waals surface area (Å²) in [7, 11) is -2.06. The van der Waals surface area contributed by atoms with Crippen molar-refractivity contribution < 1.29 is 26.7 Å². The minimum Gasteiger partial charge on any atom is -0.491 e. The molecule has 1 heterocycles. The molecular weight excluding hydrogens is 316 g/mol. The van der Waals surface area contributed by atoms with Crippen molar-refractivity contribution in [3.05, 3.63) is 29.3 Å². The zero-order valence-corrected chi connectivity index (χ0v) is 13.1. The van der Waals surface area contributed by atoms with Gasteiger partial charge in [-0.15, -0.1) is 0 Å². The van der Waals surface area contributed by atoms with Gasteiger partial charge in [0, 0.05) is 12.6 Å². The third-order valence-corrected chi connectivity index (χ3v) is 5.48. The predicted octanol–water partition coefficient (Wildman–Crippen LogP) is 1.62. The number of carbonyl (C=O) groups is 1. The van der Waals surface area contributed by atoms with E-state index in [0.29, 0.717) is 6.42 Å². The summed E-state index contributed by atoms with van der Waals surface area (Å²) < 4.78 is 55.3. The first-order valence-corrected chi connectivity index (χ1v) is 8.66. The first kappa shape index (κ1) is 16.7. The SMILES string of the molecule is CCN(C(=O)c1ccc(F)c(OC)c1F)C1CCS(=O)(=O)C1. The van der Waals surface area contributed by atoms with Gasteiger partial charge in [-0.2, -0.15) is 0 Å². The molecule has 1 fully saturated rings. The molecule has 1 unspecified atom stereocenters. The fourth-order valence-corrected chi connectivity index (χ4v) is 4.36. The van der Waals surface area contributed by atoms with Crippen LogP contribution in [0.3, 0.4) is 0 Å². The summed E-state index contributed by atoms with van der Waals surface area (Å²) in [6.45, 7) is 1.92. The molecule has 0 bridgehead atoms. The Hall–Kier alpha value is -1.70. The highest BCUT2D eigenvalue weighted by Crippen LogP contribution is 2.27. The third-order valence-electron chi connectivity index (χ3n) is 3.73. The Morgan fingerprint density at radius 3 is 2.59 bits per heavy atom. The second-order valence-electron chi connectivity index (χ2n) is 5.09. The van der Waals surface area contributed by atoms with E-state index in [1.807, 2.05) is 0 Å². The predicted molar refractivity (Wildman–Crippen MR) is 76.7 cm³/mol. The molecule has 0 N–H and O–H groups in total. The summed E-state index contributed by atoms with van der Waals surface area (Å²) in [4.78, 5) is 13.8. The molecular formula is C14H17F2NO4S. The van der Waals surface area contributed by atoms with Gasteiger partial charge in [0.05, 0.1) is 24.2 Å². The molecule has 0 spiro atoms. The fourth-order valence-electron chi connectivity index (χ4n) is 2.63. The first-order valence-electron chi connectivity index (χ1n) is 6.84. The molecule has 8 heteroatoms. The van der Waals surface area contributed by atoms with Crippen LogP contribution in [0.5, 0.6) is 5.75 Å². The molecule has 1 saturated heterocycles. The Balaban J connectivity index is 2.34. The number of carbonyl (C=O) groups excluding carboxylic acids is 1. The molecule has 2 rings (SSSR count). The van der Waals surface area contributed by atoms with Gasteiger partial charge in [-0.25, -0.2) is 17.2 Å². The van der Waals surface area contributed by atoms with E-state index in [9.17, 15) is 22.0 Å². The molecule has 0 aromatic heterocycles. The fraction of sp³-hybridized carbons (Fsp3) is 0.500. The van der Waals surface area contributed by atoms with Gasteiger partial charge in [0.15, 0.2) is 27.2 Å². The van der Waals surface area contributed by atoms with E-state index in [1.54, 1.807) is 6.92 Å². The lowest BCUT2D eigenvalue weighted by molar-refractivity contribution is 0.0702.